The molecule has 0 bridgehead atoms. The molecule has 0 aromatic heterocycles. The molecule has 0 saturated heterocycles. The fourth-order valence-corrected chi connectivity index (χ4v) is 3.03. The van der Waals surface area contributed by atoms with Crippen molar-refractivity contribution in [2.45, 2.75) is 37.5 Å². The summed E-state index contributed by atoms with van der Waals surface area (Å²) in [7, 11) is 1.86. The van der Waals surface area contributed by atoms with Crippen LogP contribution in [0.2, 0.25) is 0 Å². The number of hydrogen-bond acceptors (Lipinski definition) is 2. The predicted molar refractivity (Wildman–Crippen MR) is 64.4 cm³/mol. The highest BCUT2D eigenvalue weighted by atomic mass is 32.2. The first kappa shape index (κ1) is 11.1. The van der Waals surface area contributed by atoms with Crippen molar-refractivity contribution in [2.24, 2.45) is 0 Å². The summed E-state index contributed by atoms with van der Waals surface area (Å²) in [6, 6.07) is 0.601. The molecule has 0 heterocycles. The first-order valence-electron chi connectivity index (χ1n) is 4.86. The molecule has 0 aromatic carbocycles. The Morgan fingerprint density at radius 1 is 1.54 bits per heavy atom. The number of nitrogens with one attached hydrogen (secondary N) is 2. The minimum atomic E-state index is 0.601. The molecule has 0 aromatic rings. The van der Waals surface area contributed by atoms with Gasteiger partial charge in [-0.25, -0.2) is 0 Å². The summed E-state index contributed by atoms with van der Waals surface area (Å²) in [4.78, 5) is 0. The summed E-state index contributed by atoms with van der Waals surface area (Å²) in [5.74, 6) is 1.23. The molecule has 0 amide bonds. The molecule has 0 spiro atoms. The lowest BCUT2D eigenvalue weighted by molar-refractivity contribution is 0.628. The molecule has 76 valence electrons. The molecule has 2 nitrogen and oxygen atoms in total. The van der Waals surface area contributed by atoms with Crippen molar-refractivity contribution in [2.75, 3.05) is 12.8 Å². The molecule has 0 radical (unpaired) electrons. The number of thiocarbonyl (C=S) groups is 1. The van der Waals surface area contributed by atoms with Gasteiger partial charge in [0.25, 0.3) is 0 Å². The van der Waals surface area contributed by atoms with Crippen molar-refractivity contribution in [3.8, 4) is 0 Å². The van der Waals surface area contributed by atoms with Crippen molar-refractivity contribution in [3.63, 3.8) is 0 Å². The average Bonchev–Trinajstić information content (AvgIpc) is 2.53. The van der Waals surface area contributed by atoms with Crippen LogP contribution in [0.1, 0.15) is 26.2 Å². The SMILES string of the molecule is CCSC1CCC(NC(=S)NC)C1. The average molecular weight is 218 g/mol. The highest BCUT2D eigenvalue weighted by Crippen LogP contribution is 2.29. The van der Waals surface area contributed by atoms with Crippen LogP contribution in [0.25, 0.3) is 0 Å². The standard InChI is InChI=1S/C9H18N2S2/c1-3-13-8-5-4-7(6-8)11-9(12)10-2/h7-8H,3-6H2,1-2H3,(H2,10,11,12). The summed E-state index contributed by atoms with van der Waals surface area (Å²) in [5, 5.41) is 7.91. The van der Waals surface area contributed by atoms with Crippen molar-refractivity contribution in [3.05, 3.63) is 0 Å². The quantitative estimate of drug-likeness (QED) is 0.705. The summed E-state index contributed by atoms with van der Waals surface area (Å²) in [5.41, 5.74) is 0. The smallest absolute Gasteiger partial charge is 0.166 e. The lowest BCUT2D eigenvalue weighted by Gasteiger charge is -2.14. The van der Waals surface area contributed by atoms with E-state index in [2.05, 4.69) is 29.3 Å². The fraction of sp³-hybridized carbons (Fsp3) is 0.889. The molecule has 0 aliphatic heterocycles. The maximum absolute atomic E-state index is 5.07. The molecular weight excluding hydrogens is 200 g/mol. The number of thioether (sulfide) groups is 1. The second kappa shape index (κ2) is 5.70. The monoisotopic (exact) mass is 218 g/mol. The van der Waals surface area contributed by atoms with Crippen molar-refractivity contribution >= 4 is 29.1 Å². The number of rotatable bonds is 3. The Morgan fingerprint density at radius 3 is 2.92 bits per heavy atom. The van der Waals surface area contributed by atoms with Crippen LogP contribution in [-0.4, -0.2) is 29.2 Å². The minimum absolute atomic E-state index is 0.601. The van der Waals surface area contributed by atoms with Crippen molar-refractivity contribution < 1.29 is 0 Å². The fourth-order valence-electron chi connectivity index (χ4n) is 1.72. The van der Waals surface area contributed by atoms with Crippen LogP contribution in [0.4, 0.5) is 0 Å². The first-order chi connectivity index (χ1) is 6.26. The van der Waals surface area contributed by atoms with Gasteiger partial charge in [-0.05, 0) is 37.2 Å². The first-order valence-corrected chi connectivity index (χ1v) is 6.31. The molecule has 2 atom stereocenters. The molecule has 2 N–H and O–H groups in total. The third-order valence-corrected chi connectivity index (χ3v) is 3.90. The third kappa shape index (κ3) is 3.73. The van der Waals surface area contributed by atoms with Crippen molar-refractivity contribution in [1.82, 2.24) is 10.6 Å². The zero-order chi connectivity index (χ0) is 9.68. The van der Waals surface area contributed by atoms with E-state index < -0.39 is 0 Å². The van der Waals surface area contributed by atoms with Gasteiger partial charge in [0.15, 0.2) is 5.11 Å². The van der Waals surface area contributed by atoms with Crippen LogP contribution in [0, 0.1) is 0 Å². The Morgan fingerprint density at radius 2 is 2.31 bits per heavy atom. The van der Waals surface area contributed by atoms with E-state index in [1.165, 1.54) is 25.0 Å². The Balaban J connectivity index is 2.20. The molecule has 1 saturated carbocycles. The van der Waals surface area contributed by atoms with Crippen LogP contribution in [0.3, 0.4) is 0 Å². The molecule has 13 heavy (non-hydrogen) atoms. The molecule has 2 unspecified atom stereocenters. The van der Waals surface area contributed by atoms with E-state index in [9.17, 15) is 0 Å². The summed E-state index contributed by atoms with van der Waals surface area (Å²) in [6.45, 7) is 2.23. The van der Waals surface area contributed by atoms with Gasteiger partial charge in [-0.2, -0.15) is 11.8 Å². The van der Waals surface area contributed by atoms with Crippen LogP contribution in [0.15, 0.2) is 0 Å². The predicted octanol–water partition coefficient (Wildman–Crippen LogP) is 1.75. The van der Waals surface area contributed by atoms with E-state index in [1.54, 1.807) is 0 Å². The zero-order valence-corrected chi connectivity index (χ0v) is 9.93. The summed E-state index contributed by atoms with van der Waals surface area (Å²) in [6.07, 6.45) is 3.86. The van der Waals surface area contributed by atoms with Gasteiger partial charge < -0.3 is 10.6 Å². The lowest BCUT2D eigenvalue weighted by atomic mass is 10.3. The Hall–Kier alpha value is 0.0400. The van der Waals surface area contributed by atoms with Gasteiger partial charge in [0, 0.05) is 18.3 Å². The molecular formula is C9H18N2S2. The normalized spacial score (nSPS) is 27.2. The molecule has 1 aliphatic rings. The number of hydrogen-bond donors (Lipinski definition) is 2. The summed E-state index contributed by atoms with van der Waals surface area (Å²) < 4.78 is 0. The molecule has 1 fully saturated rings. The second-order valence-electron chi connectivity index (χ2n) is 3.31. The Kier molecular flexibility index (Phi) is 4.88. The zero-order valence-electron chi connectivity index (χ0n) is 8.30. The minimum Gasteiger partial charge on any atom is -0.366 e. The van der Waals surface area contributed by atoms with E-state index >= 15 is 0 Å². The van der Waals surface area contributed by atoms with Gasteiger partial charge >= 0.3 is 0 Å². The van der Waals surface area contributed by atoms with Gasteiger partial charge in [-0.3, -0.25) is 0 Å². The topological polar surface area (TPSA) is 24.1 Å². The second-order valence-corrected chi connectivity index (χ2v) is 5.30. The van der Waals surface area contributed by atoms with E-state index in [0.29, 0.717) is 6.04 Å². The van der Waals surface area contributed by atoms with E-state index in [4.69, 9.17) is 12.2 Å². The Bertz CT molecular complexity index is 173. The third-order valence-electron chi connectivity index (χ3n) is 2.35. The van der Waals surface area contributed by atoms with Gasteiger partial charge in [-0.1, -0.05) is 6.92 Å². The molecule has 1 rings (SSSR count). The highest BCUT2D eigenvalue weighted by Gasteiger charge is 2.24. The molecule has 4 heteroatoms. The van der Waals surface area contributed by atoms with Crippen LogP contribution >= 0.6 is 24.0 Å². The Labute approximate surface area is 90.2 Å². The van der Waals surface area contributed by atoms with Crippen LogP contribution < -0.4 is 10.6 Å². The van der Waals surface area contributed by atoms with E-state index in [-0.39, 0.29) is 0 Å². The maximum atomic E-state index is 5.07. The van der Waals surface area contributed by atoms with Gasteiger partial charge in [0.1, 0.15) is 0 Å². The lowest BCUT2D eigenvalue weighted by Crippen LogP contribution is -2.39. The largest absolute Gasteiger partial charge is 0.366 e. The van der Waals surface area contributed by atoms with Gasteiger partial charge in [0.2, 0.25) is 0 Å². The van der Waals surface area contributed by atoms with Crippen LogP contribution in [-0.2, 0) is 0 Å². The van der Waals surface area contributed by atoms with Gasteiger partial charge in [0.05, 0.1) is 0 Å². The maximum Gasteiger partial charge on any atom is 0.166 e. The van der Waals surface area contributed by atoms with E-state index in [0.717, 1.165) is 10.4 Å². The summed E-state index contributed by atoms with van der Waals surface area (Å²) >= 11 is 7.14. The van der Waals surface area contributed by atoms with E-state index in [1.807, 2.05) is 7.05 Å². The molecule has 1 aliphatic carbocycles. The van der Waals surface area contributed by atoms with Crippen molar-refractivity contribution in [1.29, 1.82) is 0 Å². The highest BCUT2D eigenvalue weighted by molar-refractivity contribution is 7.99. The van der Waals surface area contributed by atoms with Crippen LogP contribution in [0.5, 0.6) is 0 Å². The van der Waals surface area contributed by atoms with Gasteiger partial charge in [-0.15, -0.1) is 0 Å².